The Hall–Kier alpha value is -3.30. The van der Waals surface area contributed by atoms with Gasteiger partial charge in [-0.15, -0.1) is 0 Å². The largest absolute Gasteiger partial charge is 0.490 e. The van der Waals surface area contributed by atoms with Gasteiger partial charge in [0.1, 0.15) is 6.54 Å². The standard InChI is InChI=1S/C24H25N3O3/c25-17-20-2-4-21(5-3-20)18-26-10-12-27(13-11-26)24(28)9-7-19-6-8-22-23(16-19)30-15-1-14-29-22/h2-9,16H,1,10-15,18H2/p+1/b9-7+. The number of hydrogen-bond acceptors (Lipinski definition) is 4. The van der Waals surface area contributed by atoms with Crippen LogP contribution in [-0.4, -0.2) is 50.2 Å². The van der Waals surface area contributed by atoms with E-state index >= 15 is 0 Å². The van der Waals surface area contributed by atoms with Gasteiger partial charge in [-0.2, -0.15) is 5.26 Å². The second-order valence-electron chi connectivity index (χ2n) is 7.65. The minimum Gasteiger partial charge on any atom is -0.490 e. The Labute approximate surface area is 176 Å². The van der Waals surface area contributed by atoms with Crippen LogP contribution in [0.25, 0.3) is 6.08 Å². The van der Waals surface area contributed by atoms with Gasteiger partial charge in [0.05, 0.1) is 51.0 Å². The molecule has 0 bridgehead atoms. The molecule has 1 amide bonds. The highest BCUT2D eigenvalue weighted by atomic mass is 16.5. The van der Waals surface area contributed by atoms with Crippen molar-refractivity contribution in [2.24, 2.45) is 0 Å². The average Bonchev–Trinajstić information content (AvgIpc) is 3.03. The van der Waals surface area contributed by atoms with Crippen LogP contribution in [0.15, 0.2) is 48.5 Å². The Morgan fingerprint density at radius 1 is 1.07 bits per heavy atom. The number of benzene rings is 2. The Balaban J connectivity index is 1.29. The van der Waals surface area contributed by atoms with Crippen molar-refractivity contribution < 1.29 is 19.2 Å². The van der Waals surface area contributed by atoms with Crippen LogP contribution < -0.4 is 14.4 Å². The lowest BCUT2D eigenvalue weighted by molar-refractivity contribution is -0.917. The number of amides is 1. The molecule has 0 unspecified atom stereocenters. The third-order valence-corrected chi connectivity index (χ3v) is 5.51. The number of rotatable bonds is 4. The van der Waals surface area contributed by atoms with Gasteiger partial charge >= 0.3 is 0 Å². The molecule has 1 N–H and O–H groups in total. The van der Waals surface area contributed by atoms with E-state index in [1.54, 1.807) is 6.08 Å². The molecule has 2 heterocycles. The van der Waals surface area contributed by atoms with Crippen molar-refractivity contribution in [2.75, 3.05) is 39.4 Å². The molecule has 154 valence electrons. The second kappa shape index (κ2) is 9.47. The summed E-state index contributed by atoms with van der Waals surface area (Å²) in [6.07, 6.45) is 4.36. The molecular weight excluding hydrogens is 378 g/mol. The Morgan fingerprint density at radius 3 is 2.53 bits per heavy atom. The highest BCUT2D eigenvalue weighted by Gasteiger charge is 2.22. The summed E-state index contributed by atoms with van der Waals surface area (Å²) in [4.78, 5) is 16.0. The summed E-state index contributed by atoms with van der Waals surface area (Å²) in [7, 11) is 0. The lowest BCUT2D eigenvalue weighted by Crippen LogP contribution is -3.13. The Morgan fingerprint density at radius 2 is 1.80 bits per heavy atom. The number of nitrogens with zero attached hydrogens (tertiary/aromatic N) is 2. The first-order chi connectivity index (χ1) is 14.7. The molecule has 0 aromatic heterocycles. The fraction of sp³-hybridized carbons (Fsp3) is 0.333. The maximum Gasteiger partial charge on any atom is 0.246 e. The van der Waals surface area contributed by atoms with E-state index in [-0.39, 0.29) is 5.91 Å². The fourth-order valence-corrected chi connectivity index (χ4v) is 3.76. The first kappa shape index (κ1) is 20.0. The van der Waals surface area contributed by atoms with Gasteiger partial charge in [-0.1, -0.05) is 18.2 Å². The van der Waals surface area contributed by atoms with Gasteiger partial charge in [0, 0.05) is 18.1 Å². The van der Waals surface area contributed by atoms with Crippen LogP contribution in [0.1, 0.15) is 23.1 Å². The quantitative estimate of drug-likeness (QED) is 0.787. The van der Waals surface area contributed by atoms with Crippen molar-refractivity contribution in [1.82, 2.24) is 4.90 Å². The molecule has 30 heavy (non-hydrogen) atoms. The zero-order chi connectivity index (χ0) is 20.8. The van der Waals surface area contributed by atoms with Gasteiger partial charge in [0.25, 0.3) is 0 Å². The second-order valence-corrected chi connectivity index (χ2v) is 7.65. The molecule has 0 spiro atoms. The van der Waals surface area contributed by atoms with Gasteiger partial charge in [-0.3, -0.25) is 4.79 Å². The molecule has 2 aromatic rings. The first-order valence-corrected chi connectivity index (χ1v) is 10.4. The van der Waals surface area contributed by atoms with Crippen LogP contribution in [0.4, 0.5) is 0 Å². The summed E-state index contributed by atoms with van der Waals surface area (Å²) in [5.41, 5.74) is 2.83. The van der Waals surface area contributed by atoms with E-state index in [4.69, 9.17) is 14.7 Å². The molecule has 2 aromatic carbocycles. The molecular formula is C24H26N3O3+. The predicted molar refractivity (Wildman–Crippen MR) is 113 cm³/mol. The molecule has 0 saturated carbocycles. The zero-order valence-corrected chi connectivity index (χ0v) is 17.0. The highest BCUT2D eigenvalue weighted by Crippen LogP contribution is 2.30. The van der Waals surface area contributed by atoms with Crippen LogP contribution in [-0.2, 0) is 11.3 Å². The summed E-state index contributed by atoms with van der Waals surface area (Å²) in [6, 6.07) is 15.7. The minimum atomic E-state index is 0.0412. The summed E-state index contributed by atoms with van der Waals surface area (Å²) in [5, 5.41) is 8.90. The normalized spacial score (nSPS) is 16.8. The highest BCUT2D eigenvalue weighted by molar-refractivity contribution is 5.91. The summed E-state index contributed by atoms with van der Waals surface area (Å²) in [5.74, 6) is 1.54. The maximum absolute atomic E-state index is 12.6. The van der Waals surface area contributed by atoms with Gasteiger partial charge in [-0.05, 0) is 35.9 Å². The number of nitriles is 1. The number of carbonyl (C=O) groups excluding carboxylic acids is 1. The monoisotopic (exact) mass is 404 g/mol. The molecule has 2 aliphatic rings. The minimum absolute atomic E-state index is 0.0412. The van der Waals surface area contributed by atoms with E-state index in [9.17, 15) is 4.79 Å². The molecule has 0 radical (unpaired) electrons. The molecule has 0 atom stereocenters. The Kier molecular flexibility index (Phi) is 6.31. The van der Waals surface area contributed by atoms with E-state index in [2.05, 4.69) is 6.07 Å². The smallest absolute Gasteiger partial charge is 0.246 e. The van der Waals surface area contributed by atoms with E-state index in [1.807, 2.05) is 53.4 Å². The third kappa shape index (κ3) is 5.00. The lowest BCUT2D eigenvalue weighted by Gasteiger charge is -2.31. The van der Waals surface area contributed by atoms with Gasteiger partial charge in [0.15, 0.2) is 11.5 Å². The lowest BCUT2D eigenvalue weighted by atomic mass is 10.1. The molecule has 0 aliphatic carbocycles. The van der Waals surface area contributed by atoms with Gasteiger partial charge in [0.2, 0.25) is 5.91 Å². The van der Waals surface area contributed by atoms with Crippen molar-refractivity contribution in [3.63, 3.8) is 0 Å². The molecule has 1 saturated heterocycles. The number of quaternary nitrogens is 1. The zero-order valence-electron chi connectivity index (χ0n) is 17.0. The number of ether oxygens (including phenoxy) is 2. The van der Waals surface area contributed by atoms with Crippen LogP contribution in [0.3, 0.4) is 0 Å². The van der Waals surface area contributed by atoms with Crippen molar-refractivity contribution in [3.05, 3.63) is 65.2 Å². The van der Waals surface area contributed by atoms with Crippen LogP contribution >= 0.6 is 0 Å². The number of nitrogens with one attached hydrogen (secondary N) is 1. The summed E-state index contributed by atoms with van der Waals surface area (Å²) >= 11 is 0. The predicted octanol–water partition coefficient (Wildman–Crippen LogP) is 1.66. The summed E-state index contributed by atoms with van der Waals surface area (Å²) in [6.45, 7) is 5.56. The molecule has 6 heteroatoms. The van der Waals surface area contributed by atoms with E-state index in [1.165, 1.54) is 10.5 Å². The number of fused-ring (bicyclic) bond motifs is 1. The van der Waals surface area contributed by atoms with Crippen LogP contribution in [0.5, 0.6) is 11.5 Å². The SMILES string of the molecule is N#Cc1ccc(C[NH+]2CCN(C(=O)/C=C/c3ccc4c(c3)OCCCO4)CC2)cc1. The van der Waals surface area contributed by atoms with Crippen molar-refractivity contribution in [2.45, 2.75) is 13.0 Å². The summed E-state index contributed by atoms with van der Waals surface area (Å²) < 4.78 is 11.4. The van der Waals surface area contributed by atoms with E-state index in [0.29, 0.717) is 18.8 Å². The molecule has 6 nitrogen and oxygen atoms in total. The molecule has 1 fully saturated rings. The average molecular weight is 404 g/mol. The van der Waals surface area contributed by atoms with E-state index in [0.717, 1.165) is 56.2 Å². The van der Waals surface area contributed by atoms with Crippen molar-refractivity contribution >= 4 is 12.0 Å². The number of carbonyl (C=O) groups is 1. The van der Waals surface area contributed by atoms with Crippen molar-refractivity contribution in [3.8, 4) is 17.6 Å². The Bertz CT molecular complexity index is 955. The number of piperazine rings is 1. The van der Waals surface area contributed by atoms with E-state index < -0.39 is 0 Å². The van der Waals surface area contributed by atoms with Crippen LogP contribution in [0.2, 0.25) is 0 Å². The first-order valence-electron chi connectivity index (χ1n) is 10.4. The molecule has 4 rings (SSSR count). The molecule has 2 aliphatic heterocycles. The maximum atomic E-state index is 12.6. The van der Waals surface area contributed by atoms with Gasteiger partial charge in [-0.25, -0.2) is 0 Å². The third-order valence-electron chi connectivity index (χ3n) is 5.51. The van der Waals surface area contributed by atoms with Gasteiger partial charge < -0.3 is 19.3 Å². The van der Waals surface area contributed by atoms with Crippen molar-refractivity contribution in [1.29, 1.82) is 5.26 Å². The van der Waals surface area contributed by atoms with Crippen LogP contribution in [0, 0.1) is 11.3 Å². The fourth-order valence-electron chi connectivity index (χ4n) is 3.76. The number of hydrogen-bond donors (Lipinski definition) is 1. The topological polar surface area (TPSA) is 67.0 Å².